The quantitative estimate of drug-likeness (QED) is 0.335. The van der Waals surface area contributed by atoms with Crippen LogP contribution >= 0.6 is 0 Å². The van der Waals surface area contributed by atoms with Gasteiger partial charge in [-0.1, -0.05) is 19.9 Å². The molecule has 0 aliphatic carbocycles. The number of hydrogen-bond donors (Lipinski definition) is 3. The topological polar surface area (TPSA) is 139 Å². The minimum Gasteiger partial charge on any atom is -0.380 e. The zero-order valence-corrected chi connectivity index (χ0v) is 19.2. The molecule has 1 aromatic carbocycles. The van der Waals surface area contributed by atoms with Crippen LogP contribution in [0.2, 0.25) is 0 Å². The lowest BCUT2D eigenvalue weighted by Crippen LogP contribution is -2.51. The molecule has 0 aliphatic rings. The number of fused-ring (bicyclic) bond motifs is 1. The van der Waals surface area contributed by atoms with E-state index in [1.807, 2.05) is 0 Å². The number of rotatable bonds is 7. The first-order chi connectivity index (χ1) is 15.4. The van der Waals surface area contributed by atoms with Crippen molar-refractivity contribution in [2.45, 2.75) is 49.0 Å². The van der Waals surface area contributed by atoms with Gasteiger partial charge in [-0.15, -0.1) is 0 Å². The Bertz CT molecular complexity index is 1370. The fourth-order valence-electron chi connectivity index (χ4n) is 3.95. The molecule has 13 heteroatoms. The highest BCUT2D eigenvalue weighted by atomic mass is 32.2. The van der Waals surface area contributed by atoms with Gasteiger partial charge in [0.25, 0.3) is 0 Å². The first kappa shape index (κ1) is 25.6. The summed E-state index contributed by atoms with van der Waals surface area (Å²) in [6.07, 6.45) is -4.92. The number of nitrogens with two attached hydrogens (primary N) is 1. The first-order valence-electron chi connectivity index (χ1n) is 9.87. The van der Waals surface area contributed by atoms with Crippen LogP contribution in [0, 0.1) is 5.82 Å². The maximum absolute atomic E-state index is 14.1. The zero-order valence-electron chi connectivity index (χ0n) is 18.4. The number of amides is 1. The van der Waals surface area contributed by atoms with Crippen molar-refractivity contribution in [3.8, 4) is 0 Å². The van der Waals surface area contributed by atoms with Crippen molar-refractivity contribution >= 4 is 26.8 Å². The normalized spacial score (nSPS) is 14.8. The highest BCUT2D eigenvalue weighted by Gasteiger charge is 2.56. The molecule has 0 spiro atoms. The summed E-state index contributed by atoms with van der Waals surface area (Å²) in [5, 5.41) is 10.3. The lowest BCUT2D eigenvalue weighted by molar-refractivity contribution is -0.266. The van der Waals surface area contributed by atoms with E-state index in [9.17, 15) is 35.9 Å². The third-order valence-corrected chi connectivity index (χ3v) is 6.32. The Hall–Kier alpha value is -3.06. The van der Waals surface area contributed by atoms with E-state index in [2.05, 4.69) is 15.0 Å². The summed E-state index contributed by atoms with van der Waals surface area (Å²) in [4.78, 5) is 22.0. The van der Waals surface area contributed by atoms with Crippen LogP contribution in [0.15, 0.2) is 35.6 Å². The number of aliphatic hydroxyl groups is 1. The molecular formula is C21H22F4N4O4S. The molecule has 184 valence electrons. The summed E-state index contributed by atoms with van der Waals surface area (Å²) in [5.41, 5.74) is 0.472. The second-order valence-corrected chi connectivity index (χ2v) is 10.7. The minimum absolute atomic E-state index is 0.0457. The van der Waals surface area contributed by atoms with Crippen LogP contribution in [0.3, 0.4) is 0 Å². The molecule has 1 unspecified atom stereocenters. The average molecular weight is 502 g/mol. The summed E-state index contributed by atoms with van der Waals surface area (Å²) < 4.78 is 79.3. The summed E-state index contributed by atoms with van der Waals surface area (Å²) in [6, 6.07) is 4.19. The Morgan fingerprint density at radius 2 is 1.85 bits per heavy atom. The molecule has 1 atom stereocenters. The Balaban J connectivity index is 2.02. The second-order valence-electron chi connectivity index (χ2n) is 8.84. The van der Waals surface area contributed by atoms with Gasteiger partial charge >= 0.3 is 6.18 Å². The monoisotopic (exact) mass is 502 g/mol. The molecule has 1 amide bonds. The fraction of sp³-hybridized carbons (Fsp3) is 0.381. The number of carbonyl (C=O) groups excluding carboxylic acids is 1. The van der Waals surface area contributed by atoms with Crippen molar-refractivity contribution in [2.75, 3.05) is 6.26 Å². The minimum atomic E-state index is -5.10. The van der Waals surface area contributed by atoms with E-state index < -0.39 is 56.8 Å². The number of alkyl halides is 3. The van der Waals surface area contributed by atoms with E-state index in [-0.39, 0.29) is 27.9 Å². The van der Waals surface area contributed by atoms with Crippen LogP contribution in [0.5, 0.6) is 0 Å². The number of aromatic nitrogens is 3. The molecule has 0 radical (unpaired) electrons. The number of H-pyrrole nitrogens is 1. The fourth-order valence-corrected chi connectivity index (χ4v) is 4.46. The number of nitrogens with one attached hydrogen (secondary N) is 1. The summed E-state index contributed by atoms with van der Waals surface area (Å²) in [6.45, 7) is 2.75. The van der Waals surface area contributed by atoms with Gasteiger partial charge in [0.2, 0.25) is 20.9 Å². The molecule has 0 bridgehead atoms. The Labute approximate surface area is 192 Å². The van der Waals surface area contributed by atoms with Crippen molar-refractivity contribution in [3.05, 3.63) is 53.1 Å². The molecule has 0 saturated heterocycles. The van der Waals surface area contributed by atoms with Crippen LogP contribution in [0.25, 0.3) is 11.0 Å². The standard InChI is InChI=1S/C21H22F4N4O4S/c1-19(2,14-5-4-11(22)6-13(14)17(26)30)10-20(31,21(23,24)25)8-12-7-15-16(28-12)9-27-18(29-15)34(3,32)33/h4-7,9,28,31H,8,10H2,1-3H3,(H2,26,30). The molecule has 0 saturated carbocycles. The maximum atomic E-state index is 14.1. The first-order valence-corrected chi connectivity index (χ1v) is 11.8. The van der Waals surface area contributed by atoms with Crippen molar-refractivity contribution in [2.24, 2.45) is 5.73 Å². The number of hydrogen-bond acceptors (Lipinski definition) is 6. The van der Waals surface area contributed by atoms with Crippen LogP contribution in [0.1, 0.15) is 41.9 Å². The third kappa shape index (κ3) is 5.04. The van der Waals surface area contributed by atoms with Crippen LogP contribution in [-0.4, -0.2) is 52.4 Å². The summed E-state index contributed by atoms with van der Waals surface area (Å²) in [5.74, 6) is -1.80. The van der Waals surface area contributed by atoms with Crippen molar-refractivity contribution in [3.63, 3.8) is 0 Å². The highest BCUT2D eigenvalue weighted by Crippen LogP contribution is 2.44. The van der Waals surface area contributed by atoms with Crippen LogP contribution in [-0.2, 0) is 21.7 Å². The molecule has 4 N–H and O–H groups in total. The zero-order chi connectivity index (χ0) is 25.7. The van der Waals surface area contributed by atoms with Crippen LogP contribution < -0.4 is 5.73 Å². The van der Waals surface area contributed by atoms with Crippen molar-refractivity contribution in [1.29, 1.82) is 0 Å². The number of primary amides is 1. The van der Waals surface area contributed by atoms with E-state index in [1.165, 1.54) is 19.9 Å². The van der Waals surface area contributed by atoms with E-state index in [0.29, 0.717) is 0 Å². The molecular weight excluding hydrogens is 480 g/mol. The maximum Gasteiger partial charge on any atom is 0.417 e. The smallest absolute Gasteiger partial charge is 0.380 e. The van der Waals surface area contributed by atoms with Crippen LogP contribution in [0.4, 0.5) is 17.6 Å². The van der Waals surface area contributed by atoms with Gasteiger partial charge in [-0.2, -0.15) is 13.2 Å². The number of carbonyl (C=O) groups is 1. The SMILES string of the molecule is CC(C)(CC(O)(Cc1cc2nc(S(C)(=O)=O)ncc2[nH]1)C(F)(F)F)c1ccc(F)cc1C(N)=O. The van der Waals surface area contributed by atoms with Crippen molar-refractivity contribution < 1.29 is 35.9 Å². The molecule has 0 aliphatic heterocycles. The number of aromatic amines is 1. The van der Waals surface area contributed by atoms with E-state index in [4.69, 9.17) is 5.73 Å². The van der Waals surface area contributed by atoms with E-state index >= 15 is 0 Å². The van der Waals surface area contributed by atoms with E-state index in [0.717, 1.165) is 30.7 Å². The van der Waals surface area contributed by atoms with Gasteiger partial charge in [0, 0.05) is 23.9 Å². The largest absolute Gasteiger partial charge is 0.417 e. The molecule has 2 aromatic heterocycles. The Morgan fingerprint density at radius 1 is 1.21 bits per heavy atom. The van der Waals surface area contributed by atoms with Gasteiger partial charge < -0.3 is 15.8 Å². The lowest BCUT2D eigenvalue weighted by atomic mass is 9.72. The van der Waals surface area contributed by atoms with Gasteiger partial charge in [0.05, 0.1) is 17.2 Å². The molecule has 3 rings (SSSR count). The predicted octanol–water partition coefficient (Wildman–Crippen LogP) is 2.80. The van der Waals surface area contributed by atoms with Gasteiger partial charge in [-0.05, 0) is 35.6 Å². The predicted molar refractivity (Wildman–Crippen MR) is 114 cm³/mol. The number of nitrogens with zero attached hydrogens (tertiary/aromatic N) is 2. The summed E-state index contributed by atoms with van der Waals surface area (Å²) in [7, 11) is -3.74. The van der Waals surface area contributed by atoms with Gasteiger partial charge in [-0.3, -0.25) is 4.79 Å². The number of benzene rings is 1. The molecule has 8 nitrogen and oxygen atoms in total. The van der Waals surface area contributed by atoms with Crippen molar-refractivity contribution in [1.82, 2.24) is 15.0 Å². The Morgan fingerprint density at radius 3 is 2.41 bits per heavy atom. The van der Waals surface area contributed by atoms with E-state index in [1.54, 1.807) is 0 Å². The molecule has 34 heavy (non-hydrogen) atoms. The summed E-state index contributed by atoms with van der Waals surface area (Å²) >= 11 is 0. The second kappa shape index (κ2) is 8.31. The van der Waals surface area contributed by atoms with Gasteiger partial charge in [0.1, 0.15) is 5.82 Å². The molecule has 2 heterocycles. The molecule has 0 fully saturated rings. The molecule has 3 aromatic rings. The van der Waals surface area contributed by atoms with Gasteiger partial charge in [0.15, 0.2) is 5.60 Å². The third-order valence-electron chi connectivity index (χ3n) is 5.46. The van der Waals surface area contributed by atoms with Gasteiger partial charge in [-0.25, -0.2) is 22.8 Å². The average Bonchev–Trinajstić information content (AvgIpc) is 3.06. The lowest BCUT2D eigenvalue weighted by Gasteiger charge is -2.38. The Kier molecular flexibility index (Phi) is 6.25. The highest BCUT2D eigenvalue weighted by molar-refractivity contribution is 7.90. The number of sulfone groups is 1. The number of halogens is 4.